The van der Waals surface area contributed by atoms with Gasteiger partial charge in [0.15, 0.2) is 0 Å². The summed E-state index contributed by atoms with van der Waals surface area (Å²) in [6.07, 6.45) is 2.02. The third kappa shape index (κ3) is 0.742. The second-order valence-electron chi connectivity index (χ2n) is 2.12. The van der Waals surface area contributed by atoms with Gasteiger partial charge < -0.3 is 0 Å². The summed E-state index contributed by atoms with van der Waals surface area (Å²) in [5.74, 6) is 1.58. The molecule has 3 atom stereocenters. The zero-order chi connectivity index (χ0) is 5.44. The van der Waals surface area contributed by atoms with Crippen LogP contribution in [-0.2, 0) is 0 Å². The molecule has 0 aromatic carbocycles. The van der Waals surface area contributed by atoms with Crippen molar-refractivity contribution in [1.82, 2.24) is 0 Å². The lowest BCUT2D eigenvalue weighted by molar-refractivity contribution is 0.902. The monoisotopic (exact) mass is 160 g/mol. The summed E-state index contributed by atoms with van der Waals surface area (Å²) in [6, 6.07) is 0. The van der Waals surface area contributed by atoms with Gasteiger partial charge >= 0.3 is 0 Å². The molecule has 0 aromatic heterocycles. The topological polar surface area (TPSA) is 0 Å². The Kier molecular flexibility index (Phi) is 1.24. The van der Waals surface area contributed by atoms with Crippen molar-refractivity contribution < 1.29 is 0 Å². The third-order valence-electron chi connectivity index (χ3n) is 1.61. The second-order valence-corrected chi connectivity index (χ2v) is 3.17. The Morgan fingerprint density at radius 1 is 1.71 bits per heavy atom. The van der Waals surface area contributed by atoms with Crippen LogP contribution in [0.15, 0.2) is 12.7 Å². The smallest absolute Gasteiger partial charge is 0.0243 e. The Morgan fingerprint density at radius 3 is 2.14 bits per heavy atom. The summed E-state index contributed by atoms with van der Waals surface area (Å²) in [6.45, 7) is 5.92. The van der Waals surface area contributed by atoms with Gasteiger partial charge in [-0.2, -0.15) is 0 Å². The first kappa shape index (κ1) is 5.36. The van der Waals surface area contributed by atoms with E-state index in [4.69, 9.17) is 0 Å². The summed E-state index contributed by atoms with van der Waals surface area (Å²) in [7, 11) is 0. The van der Waals surface area contributed by atoms with Crippen LogP contribution in [0, 0.1) is 11.8 Å². The van der Waals surface area contributed by atoms with Gasteiger partial charge in [0.25, 0.3) is 0 Å². The molecule has 0 bridgehead atoms. The fourth-order valence-corrected chi connectivity index (χ4v) is 1.66. The Balaban J connectivity index is 2.37. The molecule has 0 amide bonds. The van der Waals surface area contributed by atoms with Crippen LogP contribution in [0.25, 0.3) is 0 Å². The van der Waals surface area contributed by atoms with E-state index in [0.717, 1.165) is 16.7 Å². The van der Waals surface area contributed by atoms with E-state index < -0.39 is 0 Å². The molecule has 0 N–H and O–H groups in total. The predicted octanol–water partition coefficient (Wildman–Crippen LogP) is 2.20. The second kappa shape index (κ2) is 1.62. The summed E-state index contributed by atoms with van der Waals surface area (Å²) in [5.41, 5.74) is 0. The highest BCUT2D eigenvalue weighted by molar-refractivity contribution is 9.09. The average Bonchev–Trinajstić information content (AvgIpc) is 2.17. The number of allylic oxidation sites excluding steroid dienone is 1. The van der Waals surface area contributed by atoms with Gasteiger partial charge in [-0.1, -0.05) is 28.9 Å². The summed E-state index contributed by atoms with van der Waals surface area (Å²) >= 11 is 3.50. The van der Waals surface area contributed by atoms with Crippen LogP contribution in [0.5, 0.6) is 0 Å². The minimum absolute atomic E-state index is 0.727. The van der Waals surface area contributed by atoms with Crippen LogP contribution in [0.3, 0.4) is 0 Å². The molecule has 1 rings (SSSR count). The van der Waals surface area contributed by atoms with Crippen molar-refractivity contribution in [1.29, 1.82) is 0 Å². The van der Waals surface area contributed by atoms with Crippen LogP contribution in [0.4, 0.5) is 0 Å². The molecule has 0 aliphatic heterocycles. The first-order valence-corrected chi connectivity index (χ1v) is 3.45. The molecule has 1 fully saturated rings. The first-order valence-electron chi connectivity index (χ1n) is 2.54. The van der Waals surface area contributed by atoms with Crippen molar-refractivity contribution in [3.8, 4) is 0 Å². The molecule has 7 heavy (non-hydrogen) atoms. The minimum Gasteiger partial charge on any atom is -0.103 e. The van der Waals surface area contributed by atoms with Crippen LogP contribution < -0.4 is 0 Å². The third-order valence-corrected chi connectivity index (χ3v) is 3.05. The van der Waals surface area contributed by atoms with Gasteiger partial charge in [-0.25, -0.2) is 0 Å². The van der Waals surface area contributed by atoms with E-state index >= 15 is 0 Å². The van der Waals surface area contributed by atoms with E-state index in [9.17, 15) is 0 Å². The highest BCUT2D eigenvalue weighted by atomic mass is 79.9. The van der Waals surface area contributed by atoms with E-state index in [1.807, 2.05) is 6.08 Å². The molecule has 0 saturated heterocycles. The minimum atomic E-state index is 0.727. The molecule has 1 aliphatic carbocycles. The van der Waals surface area contributed by atoms with Crippen molar-refractivity contribution in [2.45, 2.75) is 11.8 Å². The van der Waals surface area contributed by atoms with Crippen molar-refractivity contribution in [2.24, 2.45) is 11.8 Å². The number of hydrogen-bond donors (Lipinski definition) is 0. The van der Waals surface area contributed by atoms with E-state index in [-0.39, 0.29) is 0 Å². The highest BCUT2D eigenvalue weighted by Crippen LogP contribution is 2.45. The first-order chi connectivity index (χ1) is 3.27. The van der Waals surface area contributed by atoms with Gasteiger partial charge in [-0.05, 0) is 11.8 Å². The van der Waals surface area contributed by atoms with E-state index in [1.165, 1.54) is 0 Å². The lowest BCUT2D eigenvalue weighted by Crippen LogP contribution is -1.64. The Morgan fingerprint density at radius 2 is 2.14 bits per heavy atom. The van der Waals surface area contributed by atoms with Crippen LogP contribution >= 0.6 is 15.9 Å². The average molecular weight is 161 g/mol. The fourth-order valence-electron chi connectivity index (χ4n) is 0.788. The maximum atomic E-state index is 3.69. The van der Waals surface area contributed by atoms with Crippen molar-refractivity contribution >= 4 is 15.9 Å². The maximum Gasteiger partial charge on any atom is 0.0243 e. The molecular weight excluding hydrogens is 152 g/mol. The van der Waals surface area contributed by atoms with E-state index in [2.05, 4.69) is 29.4 Å². The summed E-state index contributed by atoms with van der Waals surface area (Å²) in [4.78, 5) is 0.727. The molecule has 0 nitrogen and oxygen atoms in total. The van der Waals surface area contributed by atoms with Crippen LogP contribution in [0.2, 0.25) is 0 Å². The van der Waals surface area contributed by atoms with Crippen LogP contribution in [0.1, 0.15) is 6.92 Å². The van der Waals surface area contributed by atoms with Gasteiger partial charge in [0, 0.05) is 4.83 Å². The lowest BCUT2D eigenvalue weighted by atomic mass is 10.3. The van der Waals surface area contributed by atoms with Crippen molar-refractivity contribution in [3.63, 3.8) is 0 Å². The largest absolute Gasteiger partial charge is 0.103 e. The number of halogens is 1. The van der Waals surface area contributed by atoms with Gasteiger partial charge in [-0.15, -0.1) is 6.58 Å². The van der Waals surface area contributed by atoms with Gasteiger partial charge in [0.05, 0.1) is 0 Å². The zero-order valence-corrected chi connectivity index (χ0v) is 5.98. The Bertz CT molecular complexity index is 80.2. The maximum absolute atomic E-state index is 3.69. The Hall–Kier alpha value is 0.220. The standard InChI is InChI=1S/C6H9Br/c1-3-5-4(2)6(5)7/h3-6H,1H2,2H3/t4-,5-,6+/m1/s1. The van der Waals surface area contributed by atoms with Crippen molar-refractivity contribution in [3.05, 3.63) is 12.7 Å². The number of rotatable bonds is 1. The predicted molar refractivity (Wildman–Crippen MR) is 35.6 cm³/mol. The van der Waals surface area contributed by atoms with E-state index in [0.29, 0.717) is 0 Å². The number of hydrogen-bond acceptors (Lipinski definition) is 0. The van der Waals surface area contributed by atoms with Crippen molar-refractivity contribution in [2.75, 3.05) is 0 Å². The van der Waals surface area contributed by atoms with Crippen LogP contribution in [-0.4, -0.2) is 4.83 Å². The molecule has 40 valence electrons. The molecule has 0 spiro atoms. The zero-order valence-electron chi connectivity index (χ0n) is 4.39. The molecule has 0 unspecified atom stereocenters. The molecule has 1 aliphatic rings. The molecule has 0 heterocycles. The molecular formula is C6H9Br. The summed E-state index contributed by atoms with van der Waals surface area (Å²) < 4.78 is 0. The van der Waals surface area contributed by atoms with Gasteiger partial charge in [-0.3, -0.25) is 0 Å². The fraction of sp³-hybridized carbons (Fsp3) is 0.667. The quantitative estimate of drug-likeness (QED) is 0.408. The SMILES string of the molecule is C=C[C@@H]1[C@@H](C)[C@@H]1Br. The summed E-state index contributed by atoms with van der Waals surface area (Å²) in [5, 5.41) is 0. The van der Waals surface area contributed by atoms with Gasteiger partial charge in [0.2, 0.25) is 0 Å². The molecule has 0 aromatic rings. The van der Waals surface area contributed by atoms with Gasteiger partial charge in [0.1, 0.15) is 0 Å². The molecule has 0 radical (unpaired) electrons. The van der Waals surface area contributed by atoms with E-state index in [1.54, 1.807) is 0 Å². The molecule has 1 heteroatoms. The number of alkyl halides is 1. The normalized spacial score (nSPS) is 48.6. The Labute approximate surface area is 52.7 Å². The lowest BCUT2D eigenvalue weighted by Gasteiger charge is -1.72. The molecule has 1 saturated carbocycles. The highest BCUT2D eigenvalue weighted by Gasteiger charge is 2.41.